The Balaban J connectivity index is 1.73. The predicted molar refractivity (Wildman–Crippen MR) is 67.6 cm³/mol. The van der Waals surface area contributed by atoms with Crippen molar-refractivity contribution in [1.29, 1.82) is 0 Å². The maximum atomic E-state index is 11.8. The summed E-state index contributed by atoms with van der Waals surface area (Å²) in [7, 11) is 0. The first-order valence-electron chi connectivity index (χ1n) is 6.43. The Bertz CT molecular complexity index is 366. The van der Waals surface area contributed by atoms with Gasteiger partial charge in [-0.05, 0) is 31.9 Å². The lowest BCUT2D eigenvalue weighted by Crippen LogP contribution is -2.36. The van der Waals surface area contributed by atoms with Crippen molar-refractivity contribution in [2.75, 3.05) is 19.6 Å². The molecule has 0 bridgehead atoms. The van der Waals surface area contributed by atoms with Gasteiger partial charge in [0.1, 0.15) is 0 Å². The normalized spacial score (nSPS) is 15.5. The number of rotatable bonds is 5. The molecule has 0 unspecified atom stereocenters. The van der Waals surface area contributed by atoms with Gasteiger partial charge in [-0.1, -0.05) is 0 Å². The van der Waals surface area contributed by atoms with Crippen molar-refractivity contribution in [3.05, 3.63) is 24.0 Å². The Kier molecular flexibility index (Phi) is 4.20. The summed E-state index contributed by atoms with van der Waals surface area (Å²) in [5.74, 6) is 0.233. The fourth-order valence-electron chi connectivity index (χ4n) is 2.29. The van der Waals surface area contributed by atoms with Crippen LogP contribution >= 0.6 is 0 Å². The van der Waals surface area contributed by atoms with Gasteiger partial charge >= 0.3 is 0 Å². The number of hydrogen-bond acceptors (Lipinski definition) is 2. The number of amides is 1. The van der Waals surface area contributed by atoms with Crippen molar-refractivity contribution in [2.24, 2.45) is 0 Å². The molecule has 0 saturated carbocycles. The third-order valence-corrected chi connectivity index (χ3v) is 3.31. The molecule has 17 heavy (non-hydrogen) atoms. The molecule has 94 valence electrons. The van der Waals surface area contributed by atoms with Gasteiger partial charge in [0.2, 0.25) is 5.91 Å². The highest BCUT2D eigenvalue weighted by Gasteiger charge is 2.16. The molecule has 1 aromatic rings. The van der Waals surface area contributed by atoms with Gasteiger partial charge in [-0.15, -0.1) is 0 Å². The van der Waals surface area contributed by atoms with E-state index in [-0.39, 0.29) is 5.91 Å². The van der Waals surface area contributed by atoms with Crippen LogP contribution in [0.2, 0.25) is 0 Å². The molecule has 0 aromatic carbocycles. The van der Waals surface area contributed by atoms with E-state index in [1.807, 2.05) is 11.0 Å². The summed E-state index contributed by atoms with van der Waals surface area (Å²) in [6.45, 7) is 6.19. The molecule has 0 atom stereocenters. The zero-order valence-corrected chi connectivity index (χ0v) is 10.5. The highest BCUT2D eigenvalue weighted by Crippen LogP contribution is 2.07. The predicted octanol–water partition coefficient (Wildman–Crippen LogP) is 1.22. The Labute approximate surface area is 103 Å². The number of likely N-dealkylation sites (tertiary alicyclic amines) is 1. The summed E-state index contributed by atoms with van der Waals surface area (Å²) in [5, 5.41) is 3.23. The largest absolute Gasteiger partial charge is 0.351 e. The zero-order chi connectivity index (χ0) is 12.1. The number of aryl methyl sites for hydroxylation is 1. The Morgan fingerprint density at radius 2 is 2.18 bits per heavy atom. The van der Waals surface area contributed by atoms with E-state index in [9.17, 15) is 4.79 Å². The summed E-state index contributed by atoms with van der Waals surface area (Å²) in [6.07, 6.45) is 4.38. The second-order valence-corrected chi connectivity index (χ2v) is 4.48. The molecule has 0 spiro atoms. The van der Waals surface area contributed by atoms with Crippen LogP contribution in [0.25, 0.3) is 0 Å². The second-order valence-electron chi connectivity index (χ2n) is 4.48. The van der Waals surface area contributed by atoms with Gasteiger partial charge in [-0.2, -0.15) is 0 Å². The van der Waals surface area contributed by atoms with E-state index in [1.54, 1.807) is 0 Å². The highest BCUT2D eigenvalue weighted by molar-refractivity contribution is 5.78. The van der Waals surface area contributed by atoms with E-state index < -0.39 is 0 Å². The van der Waals surface area contributed by atoms with Crippen LogP contribution in [-0.4, -0.2) is 35.0 Å². The fraction of sp³-hybridized carbons (Fsp3) is 0.615. The Hall–Kier alpha value is -1.29. The van der Waals surface area contributed by atoms with Crippen molar-refractivity contribution in [3.63, 3.8) is 0 Å². The first-order chi connectivity index (χ1) is 8.31. The third kappa shape index (κ3) is 3.09. The quantitative estimate of drug-likeness (QED) is 0.833. The van der Waals surface area contributed by atoms with Crippen molar-refractivity contribution in [1.82, 2.24) is 14.8 Å². The van der Waals surface area contributed by atoms with Crippen molar-refractivity contribution < 1.29 is 4.79 Å². The van der Waals surface area contributed by atoms with E-state index in [0.717, 1.165) is 39.0 Å². The second kappa shape index (κ2) is 5.87. The summed E-state index contributed by atoms with van der Waals surface area (Å²) in [6, 6.07) is 4.14. The van der Waals surface area contributed by atoms with Crippen LogP contribution in [0.3, 0.4) is 0 Å². The number of carbonyl (C=O) groups is 1. The molecule has 2 rings (SSSR count). The van der Waals surface area contributed by atoms with Crippen LogP contribution in [0.1, 0.15) is 25.5 Å². The molecule has 0 aliphatic carbocycles. The van der Waals surface area contributed by atoms with Gasteiger partial charge in [-0.3, -0.25) is 4.79 Å². The average Bonchev–Trinajstić information content (AvgIpc) is 2.99. The Morgan fingerprint density at radius 1 is 1.41 bits per heavy atom. The summed E-state index contributed by atoms with van der Waals surface area (Å²) >= 11 is 0. The molecule has 4 nitrogen and oxygen atoms in total. The highest BCUT2D eigenvalue weighted by atomic mass is 16.2. The molecular weight excluding hydrogens is 214 g/mol. The molecule has 1 aliphatic heterocycles. The Morgan fingerprint density at radius 3 is 2.88 bits per heavy atom. The van der Waals surface area contributed by atoms with Gasteiger partial charge < -0.3 is 14.8 Å². The van der Waals surface area contributed by atoms with E-state index in [4.69, 9.17) is 0 Å². The first kappa shape index (κ1) is 12.2. The lowest BCUT2D eigenvalue weighted by molar-refractivity contribution is -0.129. The van der Waals surface area contributed by atoms with E-state index in [2.05, 4.69) is 29.1 Å². The maximum absolute atomic E-state index is 11.8. The molecule has 1 aliphatic rings. The van der Waals surface area contributed by atoms with Gasteiger partial charge in [0.05, 0.1) is 6.54 Å². The first-order valence-corrected chi connectivity index (χ1v) is 6.43. The van der Waals surface area contributed by atoms with Crippen LogP contribution in [0.15, 0.2) is 18.3 Å². The standard InChI is InChI=1S/C13H21N3O/c1-2-15-9-5-6-12(15)10-14-11-13(17)16-7-3-4-8-16/h5-6,9,14H,2-4,7-8,10-11H2,1H3. The van der Waals surface area contributed by atoms with Crippen molar-refractivity contribution in [3.8, 4) is 0 Å². The van der Waals surface area contributed by atoms with E-state index in [0.29, 0.717) is 6.54 Å². The molecule has 1 fully saturated rings. The van der Waals surface area contributed by atoms with Crippen LogP contribution in [0.4, 0.5) is 0 Å². The molecule has 0 radical (unpaired) electrons. The van der Waals surface area contributed by atoms with Gasteiger partial charge in [0.25, 0.3) is 0 Å². The van der Waals surface area contributed by atoms with Crippen molar-refractivity contribution >= 4 is 5.91 Å². The summed E-state index contributed by atoms with van der Waals surface area (Å²) in [5.41, 5.74) is 1.24. The van der Waals surface area contributed by atoms with Crippen LogP contribution in [0, 0.1) is 0 Å². The number of nitrogens with one attached hydrogen (secondary N) is 1. The van der Waals surface area contributed by atoms with Crippen LogP contribution < -0.4 is 5.32 Å². The maximum Gasteiger partial charge on any atom is 0.236 e. The molecular formula is C13H21N3O. The molecule has 2 heterocycles. The van der Waals surface area contributed by atoms with Crippen LogP contribution in [-0.2, 0) is 17.9 Å². The fourth-order valence-corrected chi connectivity index (χ4v) is 2.29. The van der Waals surface area contributed by atoms with Crippen LogP contribution in [0.5, 0.6) is 0 Å². The SMILES string of the molecule is CCn1cccc1CNCC(=O)N1CCCC1. The third-order valence-electron chi connectivity index (χ3n) is 3.31. The minimum absolute atomic E-state index is 0.233. The molecule has 1 amide bonds. The molecule has 1 N–H and O–H groups in total. The molecule has 1 saturated heterocycles. The van der Waals surface area contributed by atoms with Crippen molar-refractivity contribution in [2.45, 2.75) is 32.9 Å². The number of hydrogen-bond donors (Lipinski definition) is 1. The topological polar surface area (TPSA) is 37.3 Å². The van der Waals surface area contributed by atoms with Gasteiger partial charge in [0.15, 0.2) is 0 Å². The lowest BCUT2D eigenvalue weighted by atomic mass is 10.4. The summed E-state index contributed by atoms with van der Waals surface area (Å²) in [4.78, 5) is 13.7. The zero-order valence-electron chi connectivity index (χ0n) is 10.5. The monoisotopic (exact) mass is 235 g/mol. The number of carbonyl (C=O) groups excluding carboxylic acids is 1. The lowest BCUT2D eigenvalue weighted by Gasteiger charge is -2.15. The van der Waals surface area contributed by atoms with E-state index in [1.165, 1.54) is 5.69 Å². The smallest absolute Gasteiger partial charge is 0.236 e. The molecule has 4 heteroatoms. The van der Waals surface area contributed by atoms with Gasteiger partial charge in [0, 0.05) is 38.1 Å². The number of aromatic nitrogens is 1. The molecule has 1 aromatic heterocycles. The summed E-state index contributed by atoms with van der Waals surface area (Å²) < 4.78 is 2.19. The number of nitrogens with zero attached hydrogens (tertiary/aromatic N) is 2. The van der Waals surface area contributed by atoms with Gasteiger partial charge in [-0.25, -0.2) is 0 Å². The minimum Gasteiger partial charge on any atom is -0.351 e. The average molecular weight is 235 g/mol. The van der Waals surface area contributed by atoms with E-state index >= 15 is 0 Å². The minimum atomic E-state index is 0.233.